The van der Waals surface area contributed by atoms with Crippen LogP contribution in [0.5, 0.6) is 0 Å². The number of hydrogen-bond donors (Lipinski definition) is 2. The van der Waals surface area contributed by atoms with Crippen molar-refractivity contribution >= 4 is 17.6 Å². The van der Waals surface area contributed by atoms with Crippen molar-refractivity contribution in [2.75, 3.05) is 11.1 Å². The van der Waals surface area contributed by atoms with Crippen LogP contribution in [0.25, 0.3) is 5.95 Å². The Morgan fingerprint density at radius 1 is 1.14 bits per heavy atom. The highest BCUT2D eigenvalue weighted by molar-refractivity contribution is 5.63. The Labute approximate surface area is 119 Å². The first-order valence-corrected chi connectivity index (χ1v) is 6.04. The summed E-state index contributed by atoms with van der Waals surface area (Å²) >= 11 is 0. The summed E-state index contributed by atoms with van der Waals surface area (Å²) in [5, 5.41) is 16.1. The number of aromatic nitrogens is 5. The van der Waals surface area contributed by atoms with E-state index in [1.807, 2.05) is 6.07 Å². The molecule has 3 rings (SSSR count). The van der Waals surface area contributed by atoms with Crippen LogP contribution in [0, 0.1) is 11.3 Å². The third-order valence-electron chi connectivity index (χ3n) is 2.64. The number of para-hydroxylation sites is 1. The predicted octanol–water partition coefficient (Wildman–Crippen LogP) is 1.25. The average molecular weight is 278 g/mol. The third kappa shape index (κ3) is 2.62. The lowest BCUT2D eigenvalue weighted by Gasteiger charge is -2.08. The summed E-state index contributed by atoms with van der Waals surface area (Å²) in [5.41, 5.74) is 6.76. The van der Waals surface area contributed by atoms with Crippen LogP contribution in [0.15, 0.2) is 42.7 Å². The summed E-state index contributed by atoms with van der Waals surface area (Å²) < 4.78 is 1.47. The van der Waals surface area contributed by atoms with E-state index in [0.29, 0.717) is 17.2 Å². The number of nitrogens with zero attached hydrogens (tertiary/aromatic N) is 6. The van der Waals surface area contributed by atoms with E-state index in [0.717, 1.165) is 0 Å². The van der Waals surface area contributed by atoms with Gasteiger partial charge in [0.2, 0.25) is 11.9 Å². The summed E-state index contributed by atoms with van der Waals surface area (Å²) in [6.07, 6.45) is 3.31. The molecular weight excluding hydrogens is 268 g/mol. The summed E-state index contributed by atoms with van der Waals surface area (Å²) in [4.78, 5) is 12.2. The number of benzene rings is 1. The van der Waals surface area contributed by atoms with E-state index in [1.54, 1.807) is 36.7 Å². The Hall–Kier alpha value is -3.47. The van der Waals surface area contributed by atoms with Crippen LogP contribution in [-0.4, -0.2) is 24.7 Å². The van der Waals surface area contributed by atoms with Crippen LogP contribution in [0.3, 0.4) is 0 Å². The highest BCUT2D eigenvalue weighted by atomic mass is 15.4. The predicted molar refractivity (Wildman–Crippen MR) is 75.8 cm³/mol. The minimum absolute atomic E-state index is 0.0624. The Balaban J connectivity index is 1.98. The monoisotopic (exact) mass is 278 g/mol. The minimum Gasteiger partial charge on any atom is -0.368 e. The van der Waals surface area contributed by atoms with Crippen molar-refractivity contribution in [1.82, 2.24) is 24.7 Å². The average Bonchev–Trinajstić information content (AvgIpc) is 3.01. The summed E-state index contributed by atoms with van der Waals surface area (Å²) in [6.45, 7) is 0. The van der Waals surface area contributed by atoms with Gasteiger partial charge in [-0.2, -0.15) is 25.3 Å². The third-order valence-corrected chi connectivity index (χ3v) is 2.64. The van der Waals surface area contributed by atoms with Gasteiger partial charge in [-0.3, -0.25) is 0 Å². The quantitative estimate of drug-likeness (QED) is 0.740. The molecule has 0 aliphatic rings. The van der Waals surface area contributed by atoms with Crippen molar-refractivity contribution in [3.8, 4) is 12.0 Å². The van der Waals surface area contributed by atoms with Crippen LogP contribution < -0.4 is 11.1 Å². The van der Waals surface area contributed by atoms with Gasteiger partial charge < -0.3 is 11.1 Å². The number of hydrogen-bond acceptors (Lipinski definition) is 7. The Kier molecular flexibility index (Phi) is 3.15. The van der Waals surface area contributed by atoms with Crippen LogP contribution in [0.1, 0.15) is 5.56 Å². The molecule has 0 bridgehead atoms. The molecule has 0 spiro atoms. The molecule has 8 heteroatoms. The lowest BCUT2D eigenvalue weighted by atomic mass is 10.2. The van der Waals surface area contributed by atoms with Gasteiger partial charge in [0.15, 0.2) is 0 Å². The second-order valence-electron chi connectivity index (χ2n) is 4.05. The molecule has 0 radical (unpaired) electrons. The van der Waals surface area contributed by atoms with E-state index in [9.17, 15) is 0 Å². The van der Waals surface area contributed by atoms with Crippen LogP contribution in [0.2, 0.25) is 0 Å². The first-order valence-electron chi connectivity index (χ1n) is 6.04. The second-order valence-corrected chi connectivity index (χ2v) is 4.05. The fraction of sp³-hybridized carbons (Fsp3) is 0. The fourth-order valence-corrected chi connectivity index (χ4v) is 1.74. The molecule has 3 N–H and O–H groups in total. The molecule has 102 valence electrons. The molecule has 0 fully saturated rings. The molecule has 8 nitrogen and oxygen atoms in total. The first-order chi connectivity index (χ1) is 10.3. The van der Waals surface area contributed by atoms with Gasteiger partial charge in [-0.15, -0.1) is 0 Å². The SMILES string of the molecule is N#Cc1ccccc1Nc1nc(N)nc(-n2cccn2)n1. The molecule has 0 aliphatic carbocycles. The highest BCUT2D eigenvalue weighted by Gasteiger charge is 2.08. The molecule has 0 aliphatic heterocycles. The second kappa shape index (κ2) is 5.26. The molecule has 0 atom stereocenters. The van der Waals surface area contributed by atoms with E-state index in [-0.39, 0.29) is 11.9 Å². The van der Waals surface area contributed by atoms with Crippen LogP contribution in [0.4, 0.5) is 17.6 Å². The van der Waals surface area contributed by atoms with E-state index in [1.165, 1.54) is 4.68 Å². The van der Waals surface area contributed by atoms with Crippen molar-refractivity contribution in [1.29, 1.82) is 5.26 Å². The lowest BCUT2D eigenvalue weighted by molar-refractivity contribution is 0.801. The maximum atomic E-state index is 9.07. The van der Waals surface area contributed by atoms with Crippen molar-refractivity contribution in [2.24, 2.45) is 0 Å². The number of nitriles is 1. The normalized spacial score (nSPS) is 10.0. The zero-order valence-electron chi connectivity index (χ0n) is 10.8. The van der Waals surface area contributed by atoms with Gasteiger partial charge in [0.1, 0.15) is 6.07 Å². The largest absolute Gasteiger partial charge is 0.368 e. The number of nitrogen functional groups attached to an aromatic ring is 1. The van der Waals surface area contributed by atoms with E-state index in [2.05, 4.69) is 31.4 Å². The first kappa shape index (κ1) is 12.6. The van der Waals surface area contributed by atoms with Gasteiger partial charge in [0.25, 0.3) is 5.95 Å². The molecule has 2 heterocycles. The molecule has 2 aromatic heterocycles. The zero-order valence-corrected chi connectivity index (χ0v) is 10.8. The molecule has 0 amide bonds. The summed E-state index contributed by atoms with van der Waals surface area (Å²) in [7, 11) is 0. The molecule has 21 heavy (non-hydrogen) atoms. The van der Waals surface area contributed by atoms with Gasteiger partial charge in [0, 0.05) is 12.4 Å². The van der Waals surface area contributed by atoms with Gasteiger partial charge in [0.05, 0.1) is 11.3 Å². The van der Waals surface area contributed by atoms with Crippen LogP contribution >= 0.6 is 0 Å². The van der Waals surface area contributed by atoms with E-state index >= 15 is 0 Å². The van der Waals surface area contributed by atoms with Gasteiger partial charge in [-0.1, -0.05) is 12.1 Å². The van der Waals surface area contributed by atoms with Crippen molar-refractivity contribution in [3.05, 3.63) is 48.3 Å². The topological polar surface area (TPSA) is 118 Å². The molecule has 0 saturated carbocycles. The number of anilines is 3. The summed E-state index contributed by atoms with van der Waals surface area (Å²) in [6, 6.07) is 10.9. The van der Waals surface area contributed by atoms with Gasteiger partial charge in [-0.05, 0) is 18.2 Å². The Morgan fingerprint density at radius 2 is 2.00 bits per heavy atom. The number of nitrogens with one attached hydrogen (secondary N) is 1. The molecule has 3 aromatic rings. The van der Waals surface area contributed by atoms with Gasteiger partial charge in [-0.25, -0.2) is 4.68 Å². The Morgan fingerprint density at radius 3 is 2.76 bits per heavy atom. The van der Waals surface area contributed by atoms with E-state index in [4.69, 9.17) is 11.0 Å². The minimum atomic E-state index is 0.0624. The van der Waals surface area contributed by atoms with E-state index < -0.39 is 0 Å². The van der Waals surface area contributed by atoms with Crippen LogP contribution in [-0.2, 0) is 0 Å². The van der Waals surface area contributed by atoms with Crippen molar-refractivity contribution in [2.45, 2.75) is 0 Å². The Bertz CT molecular complexity index is 803. The smallest absolute Gasteiger partial charge is 0.257 e. The number of rotatable bonds is 3. The standard InChI is InChI=1S/C13H10N8/c14-8-9-4-1-2-5-10(9)17-12-18-11(15)19-13(20-12)21-7-3-6-16-21/h1-7H,(H3,15,17,18,19,20). The lowest BCUT2D eigenvalue weighted by Crippen LogP contribution is -2.09. The molecule has 1 aromatic carbocycles. The summed E-state index contributed by atoms with van der Waals surface area (Å²) in [5.74, 6) is 0.604. The van der Waals surface area contributed by atoms with Crippen molar-refractivity contribution in [3.63, 3.8) is 0 Å². The maximum Gasteiger partial charge on any atom is 0.257 e. The number of nitrogens with two attached hydrogens (primary N) is 1. The highest BCUT2D eigenvalue weighted by Crippen LogP contribution is 2.18. The fourth-order valence-electron chi connectivity index (χ4n) is 1.74. The van der Waals surface area contributed by atoms with Crippen molar-refractivity contribution < 1.29 is 0 Å². The molecular formula is C13H10N8. The maximum absolute atomic E-state index is 9.07. The van der Waals surface area contributed by atoms with Gasteiger partial charge >= 0.3 is 0 Å². The zero-order chi connectivity index (χ0) is 14.7. The molecule has 0 unspecified atom stereocenters. The molecule has 0 saturated heterocycles.